The maximum atomic E-state index is 11.9. The third-order valence-electron chi connectivity index (χ3n) is 9.33. The first kappa shape index (κ1) is 56.7. The molecule has 0 aliphatic rings. The number of hydrogen-bond donors (Lipinski definition) is 5. The van der Waals surface area contributed by atoms with Crippen molar-refractivity contribution in [2.45, 2.75) is 66.0 Å². The first-order valence-electron chi connectivity index (χ1n) is 19.9. The Bertz CT molecular complexity index is 2810. The van der Waals surface area contributed by atoms with E-state index in [0.717, 1.165) is 52.1 Å². The van der Waals surface area contributed by atoms with E-state index in [9.17, 15) is 14.4 Å². The van der Waals surface area contributed by atoms with Crippen molar-refractivity contribution in [3.63, 3.8) is 0 Å². The van der Waals surface area contributed by atoms with Gasteiger partial charge in [0.25, 0.3) is 0 Å². The Morgan fingerprint density at radius 3 is 1.61 bits per heavy atom. The highest BCUT2D eigenvalue weighted by atomic mass is 35.6. The fourth-order valence-corrected chi connectivity index (χ4v) is 8.40. The van der Waals surface area contributed by atoms with Crippen molar-refractivity contribution in [1.29, 1.82) is 0 Å². The molecule has 5 heterocycles. The molecule has 8 aromatic rings. The number of benzene rings is 3. The van der Waals surface area contributed by atoms with Gasteiger partial charge < -0.3 is 40.3 Å². The number of carbonyl (C=O) groups is 3. The number of alkyl halides is 3. The molecule has 0 fully saturated rings. The van der Waals surface area contributed by atoms with Crippen LogP contribution in [0.25, 0.3) is 32.7 Å². The van der Waals surface area contributed by atoms with Gasteiger partial charge in [-0.25, -0.2) is 14.8 Å². The van der Waals surface area contributed by atoms with Crippen LogP contribution in [0.4, 0.5) is 15.1 Å². The predicted octanol–water partition coefficient (Wildman–Crippen LogP) is 11.0. The van der Waals surface area contributed by atoms with E-state index in [1.165, 1.54) is 66.7 Å². The fraction of sp³-hybridized carbons (Fsp3) is 0.298. The molecular formula is C47H60Cl3N9O5S2. The zero-order valence-electron chi connectivity index (χ0n) is 38.0. The Hall–Kier alpha value is -5.46. The Balaban J connectivity index is 0.000000297. The Labute approximate surface area is 409 Å². The Morgan fingerprint density at radius 2 is 1.21 bits per heavy atom. The molecule has 356 valence electrons. The summed E-state index contributed by atoms with van der Waals surface area (Å²) in [6, 6.07) is 18.3. The van der Waals surface area contributed by atoms with Crippen LogP contribution in [0.3, 0.4) is 0 Å². The van der Waals surface area contributed by atoms with Crippen molar-refractivity contribution in [2.24, 2.45) is 26.9 Å². The number of rotatable bonds is 5. The first-order valence-corrected chi connectivity index (χ1v) is 22.6. The number of aryl methyl sites for hydroxylation is 8. The average molecular weight is 1000 g/mol. The lowest BCUT2D eigenvalue weighted by Gasteiger charge is -2.08. The summed E-state index contributed by atoms with van der Waals surface area (Å²) in [7, 11) is 7.05. The van der Waals surface area contributed by atoms with Crippen molar-refractivity contribution in [3.05, 3.63) is 129 Å². The molecule has 0 aliphatic carbocycles. The molecule has 0 saturated carbocycles. The number of anilines is 2. The zero-order chi connectivity index (χ0) is 48.6. The number of aldehydes is 1. The van der Waals surface area contributed by atoms with Gasteiger partial charge in [-0.05, 0) is 97.2 Å². The standard InChI is InChI=1S/C16H18N4OS.C11H14N2.C11H11NO.C4H6N2S.C3H3Cl3O2.CH4O.CH4/c1-10-5-4-6-13-12(9-20(3)14(10)13)8-17-15(21)19-16-18-7-11(2)22-16;1-8-4-3-5-10-9(6-12)7-13(2)11(8)10;1-8-4-3-5-10-9(7-13)6-12(2)11(8)10;1-3-2-6-4(5)7-3;1-2(7)8-3(4,5)6;1-2;/h4-7,9H,8H2,1-3H3,(H2,17,18,19,21);3-5,7H,6,12H2,1-2H3;3-7H,1-2H3;2H,1H3,(H2,5,6);1H3;2H,1H3;1H4. The molecule has 0 bridgehead atoms. The molecule has 19 heteroatoms. The summed E-state index contributed by atoms with van der Waals surface area (Å²) in [5.74, 6) is -0.620. The van der Waals surface area contributed by atoms with Crippen molar-refractivity contribution < 1.29 is 24.2 Å². The quantitative estimate of drug-likeness (QED) is 0.0633. The van der Waals surface area contributed by atoms with Crippen LogP contribution in [0.15, 0.2) is 85.6 Å². The van der Waals surface area contributed by atoms with Gasteiger partial charge in [-0.1, -0.05) is 62.0 Å². The van der Waals surface area contributed by atoms with Crippen LogP contribution in [0.5, 0.6) is 0 Å². The molecule has 5 aromatic heterocycles. The molecule has 0 aliphatic heterocycles. The maximum Gasteiger partial charge on any atom is 0.340 e. The molecule has 8 rings (SSSR count). The number of aliphatic hydroxyl groups excluding tert-OH is 1. The third kappa shape index (κ3) is 16.5. The summed E-state index contributed by atoms with van der Waals surface area (Å²) < 4.78 is 8.43. The summed E-state index contributed by atoms with van der Waals surface area (Å²) in [6.45, 7) is 12.5. The van der Waals surface area contributed by atoms with E-state index in [0.29, 0.717) is 23.4 Å². The topological polar surface area (TPSA) is 197 Å². The lowest BCUT2D eigenvalue weighted by atomic mass is 10.1. The molecule has 14 nitrogen and oxygen atoms in total. The number of nitrogens with one attached hydrogen (secondary N) is 2. The predicted molar refractivity (Wildman–Crippen MR) is 277 cm³/mol. The number of ether oxygens (including phenoxy) is 1. The molecule has 0 atom stereocenters. The largest absolute Gasteiger partial charge is 0.415 e. The molecule has 3 aromatic carbocycles. The minimum absolute atomic E-state index is 0. The number of aliphatic hydroxyl groups is 1. The van der Waals surface area contributed by atoms with E-state index < -0.39 is 9.95 Å². The second kappa shape index (κ2) is 26.6. The zero-order valence-corrected chi connectivity index (χ0v) is 41.9. The normalized spacial score (nSPS) is 10.3. The number of carbonyl (C=O) groups excluding carboxylic acids is 3. The van der Waals surface area contributed by atoms with Gasteiger partial charge in [0, 0.05) is 111 Å². The molecule has 0 saturated heterocycles. The van der Waals surface area contributed by atoms with Crippen LogP contribution in [0, 0.1) is 34.6 Å². The summed E-state index contributed by atoms with van der Waals surface area (Å²) >= 11 is 18.0. The molecule has 0 unspecified atom stereocenters. The van der Waals surface area contributed by atoms with Crippen LogP contribution in [0.2, 0.25) is 0 Å². The number of para-hydroxylation sites is 3. The number of hydrogen-bond acceptors (Lipinski definition) is 11. The van der Waals surface area contributed by atoms with Crippen molar-refractivity contribution in [2.75, 3.05) is 18.2 Å². The van der Waals surface area contributed by atoms with Gasteiger partial charge in [0.2, 0.25) is 0 Å². The number of nitrogens with zero attached hydrogens (tertiary/aromatic N) is 5. The highest BCUT2D eigenvalue weighted by Gasteiger charge is 2.22. The number of halogens is 3. The van der Waals surface area contributed by atoms with Gasteiger partial charge >= 0.3 is 16.0 Å². The molecule has 2 amide bonds. The van der Waals surface area contributed by atoms with Gasteiger partial charge in [0.15, 0.2) is 16.5 Å². The number of esters is 1. The van der Waals surface area contributed by atoms with Gasteiger partial charge in [-0.15, -0.1) is 22.7 Å². The van der Waals surface area contributed by atoms with E-state index in [4.69, 9.17) is 51.4 Å². The van der Waals surface area contributed by atoms with Crippen molar-refractivity contribution >= 4 is 119 Å². The number of urea groups is 1. The average Bonchev–Trinajstić information content (AvgIpc) is 4.07. The molecule has 7 N–H and O–H groups in total. The molecule has 0 radical (unpaired) electrons. The monoisotopic (exact) mass is 999 g/mol. The van der Waals surface area contributed by atoms with Gasteiger partial charge in [-0.2, -0.15) is 0 Å². The summed E-state index contributed by atoms with van der Waals surface area (Å²) in [5, 5.41) is 17.4. The smallest absolute Gasteiger partial charge is 0.340 e. The van der Waals surface area contributed by atoms with Gasteiger partial charge in [-0.3, -0.25) is 14.9 Å². The second-order valence-corrected chi connectivity index (χ2v) is 19.1. The highest BCUT2D eigenvalue weighted by Crippen LogP contribution is 2.28. The molecular weight excluding hydrogens is 941 g/mol. The van der Waals surface area contributed by atoms with Crippen molar-refractivity contribution in [1.82, 2.24) is 29.0 Å². The Morgan fingerprint density at radius 1 is 0.758 bits per heavy atom. The van der Waals surface area contributed by atoms with Gasteiger partial charge in [0.05, 0.1) is 16.6 Å². The van der Waals surface area contributed by atoms with E-state index in [1.54, 1.807) is 12.4 Å². The number of aromatic nitrogens is 5. The first-order chi connectivity index (χ1) is 30.7. The SMILES string of the molecule is C.CC(=O)OC(Cl)(Cl)Cl.CO.Cc1cccc2c(C=O)cn(C)c12.Cc1cccc2c(CN)cn(C)c12.Cc1cnc(N)s1.Cc1cnc(NC(=O)NCc2cn(C)c3c(C)cccc23)s1. The van der Waals surface area contributed by atoms with Crippen LogP contribution < -0.4 is 22.1 Å². The number of fused-ring (bicyclic) bond motifs is 3. The number of nitrogens with two attached hydrogens (primary N) is 2. The van der Waals surface area contributed by atoms with Gasteiger partial charge in [0.1, 0.15) is 0 Å². The van der Waals surface area contributed by atoms with Crippen LogP contribution in [0.1, 0.15) is 62.3 Å². The summed E-state index contributed by atoms with van der Waals surface area (Å²) in [6.07, 6.45) is 10.4. The van der Waals surface area contributed by atoms with E-state index in [-0.39, 0.29) is 13.5 Å². The summed E-state index contributed by atoms with van der Waals surface area (Å²) in [4.78, 5) is 42.8. The number of thiazole rings is 2. The minimum atomic E-state index is -1.91. The van der Waals surface area contributed by atoms with E-state index >= 15 is 0 Å². The van der Waals surface area contributed by atoms with E-state index in [2.05, 4.69) is 111 Å². The van der Waals surface area contributed by atoms with Crippen molar-refractivity contribution in [3.8, 4) is 0 Å². The molecule has 0 spiro atoms. The Kier molecular flexibility index (Phi) is 22.9. The fourth-order valence-electron chi connectivity index (χ4n) is 6.87. The summed E-state index contributed by atoms with van der Waals surface area (Å²) in [5.41, 5.74) is 21.4. The van der Waals surface area contributed by atoms with Crippen LogP contribution >= 0.6 is 57.5 Å². The molecule has 66 heavy (non-hydrogen) atoms. The van der Waals surface area contributed by atoms with E-state index in [1.807, 2.05) is 56.9 Å². The lowest BCUT2D eigenvalue weighted by Crippen LogP contribution is -2.28. The second-order valence-electron chi connectivity index (χ2n) is 14.4. The third-order valence-corrected chi connectivity index (χ3v) is 11.1. The maximum absolute atomic E-state index is 11.9. The number of nitrogen functional groups attached to an aromatic ring is 1. The van der Waals surface area contributed by atoms with Crippen LogP contribution in [-0.4, -0.2) is 58.2 Å². The minimum Gasteiger partial charge on any atom is -0.415 e. The van der Waals surface area contributed by atoms with Crippen LogP contribution in [-0.2, 0) is 43.8 Å². The number of amides is 2. The lowest BCUT2D eigenvalue weighted by molar-refractivity contribution is -0.141. The highest BCUT2D eigenvalue weighted by molar-refractivity contribution is 7.15.